The van der Waals surface area contributed by atoms with Crippen molar-refractivity contribution >= 4 is 47.3 Å². The highest BCUT2D eigenvalue weighted by molar-refractivity contribution is 8.00. The monoisotopic (exact) mass is 529 g/mol. The number of carbonyl (C=O) groups is 6. The molecule has 15 nitrogen and oxygen atoms in total. The van der Waals surface area contributed by atoms with Gasteiger partial charge in [-0.15, -0.1) is 18.2 Å². The molecular weight excluding hydrogens is 498 g/mol. The molecule has 0 radical (unpaired) electrons. The predicted molar refractivity (Wildman–Crippen MR) is 128 cm³/mol. The van der Waals surface area contributed by atoms with Crippen molar-refractivity contribution in [3.63, 3.8) is 0 Å². The SMILES string of the molecule is C#CCNC(=O)C(CC1(C)NN1)NC(=O)CSCC(NC(=O)CCC(N)C(=O)O)C(=O)NCC(=O)O. The molecule has 16 heteroatoms. The van der Waals surface area contributed by atoms with Crippen molar-refractivity contribution in [2.24, 2.45) is 5.73 Å². The van der Waals surface area contributed by atoms with Crippen molar-refractivity contribution in [3.8, 4) is 12.3 Å². The van der Waals surface area contributed by atoms with Crippen molar-refractivity contribution in [2.45, 2.75) is 50.0 Å². The number of carbonyl (C=O) groups excluding carboxylic acids is 4. The molecule has 1 fully saturated rings. The summed E-state index contributed by atoms with van der Waals surface area (Å²) in [7, 11) is 0. The van der Waals surface area contributed by atoms with Crippen LogP contribution in [0.15, 0.2) is 0 Å². The fourth-order valence-electron chi connectivity index (χ4n) is 2.74. The molecule has 36 heavy (non-hydrogen) atoms. The molecule has 200 valence electrons. The van der Waals surface area contributed by atoms with Crippen molar-refractivity contribution in [1.29, 1.82) is 0 Å². The van der Waals surface area contributed by atoms with Gasteiger partial charge in [0, 0.05) is 18.6 Å². The predicted octanol–water partition coefficient (Wildman–Crippen LogP) is -3.95. The van der Waals surface area contributed by atoms with E-state index < -0.39 is 65.9 Å². The molecule has 1 rings (SSSR count). The van der Waals surface area contributed by atoms with Gasteiger partial charge in [0.15, 0.2) is 0 Å². The summed E-state index contributed by atoms with van der Waals surface area (Å²) < 4.78 is 0. The zero-order valence-electron chi connectivity index (χ0n) is 19.6. The minimum atomic E-state index is -1.30. The standard InChI is InChI=1S/C20H31N7O8S/c1-3-6-22-17(32)12(7-20(2)26-27-20)24-15(29)10-36-9-13(18(33)23-8-16(30)31)25-14(28)5-4-11(21)19(34)35/h1,11-13,26-27H,4-10,21H2,2H3,(H,22,32)(H,23,33)(H,24,29)(H,25,28)(H,30,31)(H,34,35). The van der Waals surface area contributed by atoms with E-state index >= 15 is 0 Å². The van der Waals surface area contributed by atoms with Crippen LogP contribution in [0.4, 0.5) is 0 Å². The second-order valence-corrected chi connectivity index (χ2v) is 9.09. The van der Waals surface area contributed by atoms with Gasteiger partial charge in [0.05, 0.1) is 18.0 Å². The second-order valence-electron chi connectivity index (χ2n) is 8.06. The molecule has 0 aliphatic carbocycles. The molecule has 1 aliphatic rings. The van der Waals surface area contributed by atoms with Crippen LogP contribution in [-0.4, -0.2) is 94.2 Å². The quantitative estimate of drug-likeness (QED) is 0.0645. The number of terminal acetylenes is 1. The van der Waals surface area contributed by atoms with Gasteiger partial charge in [0.25, 0.3) is 0 Å². The molecular formula is C20H31N7O8S. The molecule has 10 N–H and O–H groups in total. The highest BCUT2D eigenvalue weighted by Gasteiger charge is 2.40. The summed E-state index contributed by atoms with van der Waals surface area (Å²) in [6, 6.07) is -3.36. The molecule has 4 amide bonds. The van der Waals surface area contributed by atoms with Crippen LogP contribution in [0.25, 0.3) is 0 Å². The van der Waals surface area contributed by atoms with E-state index in [2.05, 4.69) is 38.0 Å². The minimum absolute atomic E-state index is 0.0122. The lowest BCUT2D eigenvalue weighted by Gasteiger charge is -2.20. The van der Waals surface area contributed by atoms with Crippen LogP contribution in [0.2, 0.25) is 0 Å². The third-order valence-electron chi connectivity index (χ3n) is 4.76. The number of rotatable bonds is 17. The number of nitrogens with two attached hydrogens (primary N) is 1. The van der Waals surface area contributed by atoms with E-state index in [1.807, 2.05) is 0 Å². The Kier molecular flexibility index (Phi) is 12.7. The molecule has 1 heterocycles. The largest absolute Gasteiger partial charge is 0.480 e. The van der Waals surface area contributed by atoms with Crippen LogP contribution in [0.5, 0.6) is 0 Å². The maximum atomic E-state index is 12.4. The first-order chi connectivity index (χ1) is 16.9. The summed E-state index contributed by atoms with van der Waals surface area (Å²) in [5, 5.41) is 27.2. The van der Waals surface area contributed by atoms with E-state index in [-0.39, 0.29) is 37.3 Å². The first kappa shape index (κ1) is 30.6. The number of hydrogen-bond acceptors (Lipinski definition) is 10. The van der Waals surface area contributed by atoms with E-state index in [1.54, 1.807) is 6.92 Å². The van der Waals surface area contributed by atoms with E-state index in [4.69, 9.17) is 22.4 Å². The summed E-state index contributed by atoms with van der Waals surface area (Å²) in [5.74, 6) is -3.06. The zero-order chi connectivity index (χ0) is 27.3. The average Bonchev–Trinajstić information content (AvgIpc) is 3.54. The van der Waals surface area contributed by atoms with Gasteiger partial charge in [-0.05, 0) is 13.3 Å². The number of carboxylic acids is 2. The van der Waals surface area contributed by atoms with Gasteiger partial charge < -0.3 is 37.2 Å². The topological polar surface area (TPSA) is 261 Å². The number of thioether (sulfide) groups is 1. The fraction of sp³-hybridized carbons (Fsp3) is 0.600. The van der Waals surface area contributed by atoms with Gasteiger partial charge in [0.1, 0.15) is 24.7 Å². The molecule has 1 aliphatic heterocycles. The highest BCUT2D eigenvalue weighted by atomic mass is 32.2. The average molecular weight is 530 g/mol. The van der Waals surface area contributed by atoms with Gasteiger partial charge in [-0.2, -0.15) is 0 Å². The molecule has 3 unspecified atom stereocenters. The van der Waals surface area contributed by atoms with Gasteiger partial charge in [0.2, 0.25) is 23.6 Å². The van der Waals surface area contributed by atoms with Crippen LogP contribution in [0.3, 0.4) is 0 Å². The number of nitrogens with one attached hydrogen (secondary N) is 6. The summed E-state index contributed by atoms with van der Waals surface area (Å²) in [4.78, 5) is 70.8. The van der Waals surface area contributed by atoms with Gasteiger partial charge in [-0.25, -0.2) is 10.9 Å². The lowest BCUT2D eigenvalue weighted by molar-refractivity contribution is -0.139. The van der Waals surface area contributed by atoms with Crippen LogP contribution < -0.4 is 37.9 Å². The summed E-state index contributed by atoms with van der Waals surface area (Å²) in [5.41, 5.74) is 10.6. The maximum absolute atomic E-state index is 12.4. The van der Waals surface area contributed by atoms with Crippen LogP contribution in [0.1, 0.15) is 26.2 Å². The van der Waals surface area contributed by atoms with Crippen molar-refractivity contribution < 1.29 is 39.0 Å². The molecule has 0 aromatic carbocycles. The Labute approximate surface area is 211 Å². The number of amides is 4. The summed E-state index contributed by atoms with van der Waals surface area (Å²) in [6.45, 7) is 1.10. The zero-order valence-corrected chi connectivity index (χ0v) is 20.4. The van der Waals surface area contributed by atoms with Crippen molar-refractivity contribution in [3.05, 3.63) is 0 Å². The second kappa shape index (κ2) is 14.9. The molecule has 0 aromatic rings. The Balaban J connectivity index is 2.66. The van der Waals surface area contributed by atoms with E-state index in [0.29, 0.717) is 0 Å². The fourth-order valence-corrected chi connectivity index (χ4v) is 3.60. The molecule has 0 saturated carbocycles. The van der Waals surface area contributed by atoms with Crippen LogP contribution >= 0.6 is 11.8 Å². The van der Waals surface area contributed by atoms with E-state index in [1.165, 1.54) is 0 Å². The Morgan fingerprint density at radius 3 is 2.19 bits per heavy atom. The lowest BCUT2D eigenvalue weighted by Crippen LogP contribution is -2.50. The van der Waals surface area contributed by atoms with Gasteiger partial charge in [-0.1, -0.05) is 5.92 Å². The van der Waals surface area contributed by atoms with Gasteiger partial charge in [-0.3, -0.25) is 28.8 Å². The van der Waals surface area contributed by atoms with Crippen molar-refractivity contribution in [2.75, 3.05) is 24.6 Å². The van der Waals surface area contributed by atoms with Crippen molar-refractivity contribution in [1.82, 2.24) is 32.1 Å². The third-order valence-corrected chi connectivity index (χ3v) is 5.80. The third kappa shape index (κ3) is 12.4. The Hall–Kier alpha value is -3.39. The number of hydrazine groups is 1. The Bertz CT molecular complexity index is 890. The lowest BCUT2D eigenvalue weighted by atomic mass is 10.1. The minimum Gasteiger partial charge on any atom is -0.480 e. The molecule has 0 aromatic heterocycles. The first-order valence-corrected chi connectivity index (χ1v) is 11.9. The maximum Gasteiger partial charge on any atom is 0.322 e. The molecule has 3 atom stereocenters. The van der Waals surface area contributed by atoms with Gasteiger partial charge >= 0.3 is 11.9 Å². The number of carboxylic acid groups (broad SMARTS) is 2. The molecule has 0 bridgehead atoms. The van der Waals surface area contributed by atoms with E-state index in [0.717, 1.165) is 11.8 Å². The number of hydrogen-bond donors (Lipinski definition) is 9. The van der Waals surface area contributed by atoms with Crippen LogP contribution in [0, 0.1) is 12.3 Å². The van der Waals surface area contributed by atoms with E-state index in [9.17, 15) is 28.8 Å². The molecule has 0 spiro atoms. The first-order valence-electron chi connectivity index (χ1n) is 10.8. The Morgan fingerprint density at radius 2 is 1.64 bits per heavy atom. The molecule has 1 saturated heterocycles. The van der Waals surface area contributed by atoms with Crippen LogP contribution in [-0.2, 0) is 28.8 Å². The highest BCUT2D eigenvalue weighted by Crippen LogP contribution is 2.16. The Morgan fingerprint density at radius 1 is 1.03 bits per heavy atom. The summed E-state index contributed by atoms with van der Waals surface area (Å²) >= 11 is 0.959. The normalized spacial score (nSPS) is 15.8. The summed E-state index contributed by atoms with van der Waals surface area (Å²) in [6.07, 6.45) is 4.92. The number of aliphatic carboxylic acids is 2. The smallest absolute Gasteiger partial charge is 0.322 e.